The third-order valence-electron chi connectivity index (χ3n) is 4.41. The number of fused-ring (bicyclic) bond motifs is 5. The summed E-state index contributed by atoms with van der Waals surface area (Å²) in [6, 6.07) is 8.15. The lowest BCUT2D eigenvalue weighted by molar-refractivity contribution is 0.689. The van der Waals surface area contributed by atoms with Crippen molar-refractivity contribution >= 4 is 10.9 Å². The molecule has 0 fully saturated rings. The van der Waals surface area contributed by atoms with Crippen LogP contribution >= 0.6 is 0 Å². The molecule has 0 amide bonds. The molecule has 0 N–H and O–H groups in total. The van der Waals surface area contributed by atoms with E-state index in [0.717, 1.165) is 24.2 Å². The fraction of sp³-hybridized carbons (Fsp3) is 0.250. The molecule has 0 unspecified atom stereocenters. The van der Waals surface area contributed by atoms with Gasteiger partial charge in [-0.3, -0.25) is 13.9 Å². The highest BCUT2D eigenvalue weighted by molar-refractivity contribution is 5.95. The second kappa shape index (κ2) is 3.97. The Hall–Kier alpha value is -2.56. The summed E-state index contributed by atoms with van der Waals surface area (Å²) in [4.78, 5) is 24.7. The Bertz CT molecular complexity index is 1000. The first-order valence-electron chi connectivity index (χ1n) is 6.96. The van der Waals surface area contributed by atoms with Crippen LogP contribution in [-0.2, 0) is 27.1 Å². The summed E-state index contributed by atoms with van der Waals surface area (Å²) in [5.41, 5.74) is 3.47. The van der Waals surface area contributed by atoms with Gasteiger partial charge in [-0.15, -0.1) is 0 Å². The first-order chi connectivity index (χ1) is 10.1. The fourth-order valence-electron chi connectivity index (χ4n) is 3.27. The van der Waals surface area contributed by atoms with Gasteiger partial charge in [-0.2, -0.15) is 0 Å². The molecular weight excluding hydrogens is 266 g/mol. The van der Waals surface area contributed by atoms with Crippen molar-refractivity contribution in [1.29, 1.82) is 0 Å². The molecule has 5 nitrogen and oxygen atoms in total. The molecule has 3 heterocycles. The van der Waals surface area contributed by atoms with Crippen LogP contribution < -0.4 is 11.2 Å². The van der Waals surface area contributed by atoms with Gasteiger partial charge in [-0.25, -0.2) is 4.79 Å². The van der Waals surface area contributed by atoms with Crippen molar-refractivity contribution < 1.29 is 0 Å². The standard InChI is InChI=1S/C16H15N3O2/c1-17-12-9-19-8-7-10-5-3-4-6-11(10)14(19)13(12)15(20)18(2)16(17)21/h3-6,9H,7-8H2,1-2H3. The predicted octanol–water partition coefficient (Wildman–Crippen LogP) is 1.26. The Morgan fingerprint density at radius 3 is 2.62 bits per heavy atom. The summed E-state index contributed by atoms with van der Waals surface area (Å²) in [6.07, 6.45) is 2.86. The summed E-state index contributed by atoms with van der Waals surface area (Å²) in [7, 11) is 3.24. The topological polar surface area (TPSA) is 48.9 Å². The van der Waals surface area contributed by atoms with E-state index in [-0.39, 0.29) is 11.2 Å². The maximum atomic E-state index is 12.6. The maximum absolute atomic E-state index is 12.6. The number of hydrogen-bond donors (Lipinski definition) is 0. The third kappa shape index (κ3) is 1.46. The summed E-state index contributed by atoms with van der Waals surface area (Å²) in [5, 5.41) is 0.631. The van der Waals surface area contributed by atoms with Crippen molar-refractivity contribution in [3.8, 4) is 11.3 Å². The lowest BCUT2D eigenvalue weighted by Crippen LogP contribution is -2.36. The molecule has 1 aliphatic heterocycles. The fourth-order valence-corrected chi connectivity index (χ4v) is 3.27. The van der Waals surface area contributed by atoms with E-state index in [2.05, 4.69) is 10.6 Å². The Morgan fingerprint density at radius 2 is 1.81 bits per heavy atom. The van der Waals surface area contributed by atoms with Crippen LogP contribution in [0, 0.1) is 0 Å². The minimum Gasteiger partial charge on any atom is -0.344 e. The van der Waals surface area contributed by atoms with E-state index in [1.54, 1.807) is 11.6 Å². The molecule has 0 spiro atoms. The average molecular weight is 281 g/mol. The van der Waals surface area contributed by atoms with Crippen molar-refractivity contribution in [3.63, 3.8) is 0 Å². The molecule has 0 radical (unpaired) electrons. The predicted molar refractivity (Wildman–Crippen MR) is 81.6 cm³/mol. The number of aromatic nitrogens is 3. The van der Waals surface area contributed by atoms with E-state index in [4.69, 9.17) is 0 Å². The molecule has 4 rings (SSSR count). The lowest BCUT2D eigenvalue weighted by Gasteiger charge is -2.19. The van der Waals surface area contributed by atoms with Gasteiger partial charge in [0.15, 0.2) is 0 Å². The van der Waals surface area contributed by atoms with E-state index in [0.29, 0.717) is 10.9 Å². The van der Waals surface area contributed by atoms with E-state index in [1.165, 1.54) is 17.2 Å². The quantitative estimate of drug-likeness (QED) is 0.623. The Labute approximate surface area is 120 Å². The SMILES string of the molecule is Cn1c(=O)c2c3n(cc2n(C)c1=O)CCc1ccccc1-3. The number of aryl methyl sites for hydroxylation is 3. The first kappa shape index (κ1) is 12.2. The number of nitrogens with zero attached hydrogens (tertiary/aromatic N) is 3. The minimum atomic E-state index is -0.288. The van der Waals surface area contributed by atoms with Gasteiger partial charge in [0.25, 0.3) is 5.56 Å². The number of benzene rings is 1. The summed E-state index contributed by atoms with van der Waals surface area (Å²) >= 11 is 0. The zero-order valence-corrected chi connectivity index (χ0v) is 12.0. The van der Waals surface area contributed by atoms with Crippen molar-refractivity contribution in [3.05, 3.63) is 56.9 Å². The van der Waals surface area contributed by atoms with E-state index in [1.807, 2.05) is 24.4 Å². The lowest BCUT2D eigenvalue weighted by atomic mass is 9.97. The molecule has 1 aromatic carbocycles. The van der Waals surface area contributed by atoms with Gasteiger partial charge in [0.1, 0.15) is 0 Å². The normalized spacial score (nSPS) is 13.2. The number of rotatable bonds is 0. The molecule has 106 valence electrons. The highest BCUT2D eigenvalue weighted by Crippen LogP contribution is 2.34. The van der Waals surface area contributed by atoms with Crippen LogP contribution in [0.4, 0.5) is 0 Å². The molecule has 21 heavy (non-hydrogen) atoms. The van der Waals surface area contributed by atoms with Gasteiger partial charge >= 0.3 is 5.69 Å². The van der Waals surface area contributed by atoms with Crippen molar-refractivity contribution in [2.45, 2.75) is 13.0 Å². The highest BCUT2D eigenvalue weighted by Gasteiger charge is 2.23. The monoisotopic (exact) mass is 281 g/mol. The maximum Gasteiger partial charge on any atom is 0.330 e. The molecule has 2 aromatic heterocycles. The van der Waals surface area contributed by atoms with Crippen molar-refractivity contribution in [2.24, 2.45) is 14.1 Å². The number of hydrogen-bond acceptors (Lipinski definition) is 2. The average Bonchev–Trinajstić information content (AvgIpc) is 2.91. The molecule has 0 atom stereocenters. The van der Waals surface area contributed by atoms with Crippen molar-refractivity contribution in [2.75, 3.05) is 0 Å². The summed E-state index contributed by atoms with van der Waals surface area (Å²) < 4.78 is 4.82. The molecular formula is C16H15N3O2. The highest BCUT2D eigenvalue weighted by atomic mass is 16.2. The molecule has 0 saturated heterocycles. The Morgan fingerprint density at radius 1 is 1.05 bits per heavy atom. The molecule has 3 aromatic rings. The smallest absolute Gasteiger partial charge is 0.330 e. The molecule has 5 heteroatoms. The van der Waals surface area contributed by atoms with Gasteiger partial charge in [-0.1, -0.05) is 24.3 Å². The van der Waals surface area contributed by atoms with Gasteiger partial charge < -0.3 is 4.57 Å². The minimum absolute atomic E-state index is 0.224. The van der Waals surface area contributed by atoms with E-state index >= 15 is 0 Å². The largest absolute Gasteiger partial charge is 0.344 e. The van der Waals surface area contributed by atoms with Crippen LogP contribution in [0.25, 0.3) is 22.2 Å². The van der Waals surface area contributed by atoms with Crippen LogP contribution in [0.15, 0.2) is 40.1 Å². The third-order valence-corrected chi connectivity index (χ3v) is 4.41. The Balaban J connectivity index is 2.26. The first-order valence-corrected chi connectivity index (χ1v) is 6.96. The van der Waals surface area contributed by atoms with Crippen LogP contribution in [0.2, 0.25) is 0 Å². The summed E-state index contributed by atoms with van der Waals surface area (Å²) in [6.45, 7) is 0.832. The van der Waals surface area contributed by atoms with E-state index in [9.17, 15) is 9.59 Å². The molecule has 0 saturated carbocycles. The van der Waals surface area contributed by atoms with Gasteiger partial charge in [0.05, 0.1) is 16.6 Å². The second-order valence-electron chi connectivity index (χ2n) is 5.54. The molecule has 0 aliphatic carbocycles. The van der Waals surface area contributed by atoms with Gasteiger partial charge in [0.2, 0.25) is 0 Å². The second-order valence-corrected chi connectivity index (χ2v) is 5.54. The van der Waals surface area contributed by atoms with Gasteiger partial charge in [0, 0.05) is 32.4 Å². The van der Waals surface area contributed by atoms with Crippen molar-refractivity contribution in [1.82, 2.24) is 13.7 Å². The summed E-state index contributed by atoms with van der Waals surface area (Å²) in [5.74, 6) is 0. The zero-order chi connectivity index (χ0) is 14.7. The molecule has 0 bridgehead atoms. The molecule has 1 aliphatic rings. The Kier molecular flexibility index (Phi) is 2.31. The van der Waals surface area contributed by atoms with E-state index < -0.39 is 0 Å². The zero-order valence-electron chi connectivity index (χ0n) is 12.0. The van der Waals surface area contributed by atoms with Crippen LogP contribution in [-0.4, -0.2) is 13.7 Å². The van der Waals surface area contributed by atoms with Crippen LogP contribution in [0.3, 0.4) is 0 Å². The van der Waals surface area contributed by atoms with Crippen LogP contribution in [0.5, 0.6) is 0 Å². The van der Waals surface area contributed by atoms with Gasteiger partial charge in [-0.05, 0) is 12.0 Å². The van der Waals surface area contributed by atoms with Crippen LogP contribution in [0.1, 0.15) is 5.56 Å².